The highest BCUT2D eigenvalue weighted by Crippen LogP contribution is 2.19. The molecule has 2 heterocycles. The van der Waals surface area contributed by atoms with Crippen molar-refractivity contribution in [3.8, 4) is 0 Å². The molecule has 0 bridgehead atoms. The summed E-state index contributed by atoms with van der Waals surface area (Å²) in [5.74, 6) is -2.10. The standard InChI is InChI=1S/C10H8F3N5O3/c1-5-2-7(16-21-5)14-8(19)4-18-3-6(15-17-18)9(20)10(11,12)13/h2-3H,4H2,1H3,(H,14,16,19). The van der Waals surface area contributed by atoms with Crippen molar-refractivity contribution < 1.29 is 27.3 Å². The predicted octanol–water partition coefficient (Wildman–Crippen LogP) is 0.958. The quantitative estimate of drug-likeness (QED) is 0.844. The number of rotatable bonds is 4. The number of aryl methyl sites for hydroxylation is 1. The van der Waals surface area contributed by atoms with E-state index < -0.39 is 30.1 Å². The lowest BCUT2D eigenvalue weighted by atomic mass is 10.3. The molecule has 0 aliphatic carbocycles. The van der Waals surface area contributed by atoms with Gasteiger partial charge in [-0.15, -0.1) is 5.10 Å². The fourth-order valence-corrected chi connectivity index (χ4v) is 1.38. The molecule has 0 unspecified atom stereocenters. The summed E-state index contributed by atoms with van der Waals surface area (Å²) in [5.41, 5.74) is -0.882. The van der Waals surface area contributed by atoms with E-state index in [1.54, 1.807) is 6.92 Å². The fourth-order valence-electron chi connectivity index (χ4n) is 1.38. The summed E-state index contributed by atoms with van der Waals surface area (Å²) in [7, 11) is 0. The molecule has 112 valence electrons. The zero-order valence-corrected chi connectivity index (χ0v) is 10.5. The van der Waals surface area contributed by atoms with Gasteiger partial charge in [-0.1, -0.05) is 10.4 Å². The Kier molecular flexibility index (Phi) is 3.74. The molecule has 0 atom stereocenters. The predicted molar refractivity (Wildman–Crippen MR) is 60.3 cm³/mol. The number of Topliss-reactive ketones (excluding diaryl/α,β-unsaturated/α-hetero) is 1. The first-order valence-corrected chi connectivity index (χ1v) is 5.50. The summed E-state index contributed by atoms with van der Waals surface area (Å²) in [5, 5.41) is 12.2. The monoisotopic (exact) mass is 303 g/mol. The Bertz CT molecular complexity index is 676. The van der Waals surface area contributed by atoms with Gasteiger partial charge in [-0.2, -0.15) is 13.2 Å². The maximum absolute atomic E-state index is 12.2. The van der Waals surface area contributed by atoms with Gasteiger partial charge in [0, 0.05) is 6.07 Å². The van der Waals surface area contributed by atoms with Crippen LogP contribution in [0.1, 0.15) is 16.2 Å². The summed E-state index contributed by atoms with van der Waals surface area (Å²) in [6.07, 6.45) is -4.30. The number of carbonyl (C=O) groups excluding carboxylic acids is 2. The lowest BCUT2D eigenvalue weighted by Gasteiger charge is -2.01. The molecule has 0 aliphatic rings. The third-order valence-electron chi connectivity index (χ3n) is 2.23. The first kappa shape index (κ1) is 14.7. The Labute approximate surface area is 114 Å². The number of nitrogens with zero attached hydrogens (tertiary/aromatic N) is 4. The average molecular weight is 303 g/mol. The van der Waals surface area contributed by atoms with E-state index in [2.05, 4.69) is 20.8 Å². The van der Waals surface area contributed by atoms with Crippen LogP contribution in [0.3, 0.4) is 0 Å². The van der Waals surface area contributed by atoms with Gasteiger partial charge in [0.1, 0.15) is 12.3 Å². The normalized spacial score (nSPS) is 11.4. The van der Waals surface area contributed by atoms with Gasteiger partial charge in [-0.05, 0) is 6.92 Å². The molecule has 11 heteroatoms. The number of carbonyl (C=O) groups is 2. The van der Waals surface area contributed by atoms with Gasteiger partial charge < -0.3 is 9.84 Å². The molecule has 1 amide bonds. The van der Waals surface area contributed by atoms with Crippen molar-refractivity contribution in [1.29, 1.82) is 0 Å². The number of ketones is 1. The number of nitrogens with one attached hydrogen (secondary N) is 1. The lowest BCUT2D eigenvalue weighted by molar-refractivity contribution is -0.117. The molecule has 0 aliphatic heterocycles. The summed E-state index contributed by atoms with van der Waals surface area (Å²) >= 11 is 0. The van der Waals surface area contributed by atoms with E-state index in [1.165, 1.54) is 6.07 Å². The van der Waals surface area contributed by atoms with Gasteiger partial charge in [-0.25, -0.2) is 4.68 Å². The average Bonchev–Trinajstić information content (AvgIpc) is 2.96. The van der Waals surface area contributed by atoms with Gasteiger partial charge in [0.2, 0.25) is 5.91 Å². The highest BCUT2D eigenvalue weighted by atomic mass is 19.4. The number of halogens is 3. The molecule has 0 fully saturated rings. The summed E-state index contributed by atoms with van der Waals surface area (Å²) in [6.45, 7) is 1.19. The molecule has 2 aromatic rings. The van der Waals surface area contributed by atoms with Crippen molar-refractivity contribution >= 4 is 17.5 Å². The second-order valence-electron chi connectivity index (χ2n) is 4.00. The first-order chi connectivity index (χ1) is 9.75. The van der Waals surface area contributed by atoms with Gasteiger partial charge in [0.05, 0.1) is 6.20 Å². The van der Waals surface area contributed by atoms with Gasteiger partial charge in [0.15, 0.2) is 11.5 Å². The largest absolute Gasteiger partial charge is 0.456 e. The molecule has 21 heavy (non-hydrogen) atoms. The Morgan fingerprint density at radius 3 is 2.71 bits per heavy atom. The van der Waals surface area contributed by atoms with Crippen LogP contribution < -0.4 is 5.32 Å². The Balaban J connectivity index is 1.99. The van der Waals surface area contributed by atoms with Crippen molar-refractivity contribution in [1.82, 2.24) is 20.2 Å². The minimum atomic E-state index is -5.04. The van der Waals surface area contributed by atoms with Crippen LogP contribution in [0.15, 0.2) is 16.8 Å². The molecule has 0 saturated carbocycles. The third kappa shape index (κ3) is 3.64. The molecule has 8 nitrogen and oxygen atoms in total. The number of anilines is 1. The topological polar surface area (TPSA) is 103 Å². The Morgan fingerprint density at radius 2 is 2.14 bits per heavy atom. The van der Waals surface area contributed by atoms with Crippen molar-refractivity contribution in [2.75, 3.05) is 5.32 Å². The molecule has 1 N–H and O–H groups in total. The summed E-state index contributed by atoms with van der Waals surface area (Å²) < 4.78 is 42.0. The van der Waals surface area contributed by atoms with Crippen LogP contribution in [0.4, 0.5) is 19.0 Å². The number of aromatic nitrogens is 4. The molecular weight excluding hydrogens is 295 g/mol. The van der Waals surface area contributed by atoms with Crippen LogP contribution in [0.2, 0.25) is 0 Å². The lowest BCUT2D eigenvalue weighted by Crippen LogP contribution is -2.23. The second-order valence-corrected chi connectivity index (χ2v) is 4.00. The van der Waals surface area contributed by atoms with E-state index in [4.69, 9.17) is 4.52 Å². The van der Waals surface area contributed by atoms with Crippen molar-refractivity contribution in [3.63, 3.8) is 0 Å². The van der Waals surface area contributed by atoms with Crippen LogP contribution in [0, 0.1) is 6.92 Å². The molecule has 0 saturated heterocycles. The number of hydrogen-bond acceptors (Lipinski definition) is 6. The summed E-state index contributed by atoms with van der Waals surface area (Å²) in [6, 6.07) is 1.46. The smallest absolute Gasteiger partial charge is 0.360 e. The fraction of sp³-hybridized carbons (Fsp3) is 0.300. The Morgan fingerprint density at radius 1 is 1.43 bits per heavy atom. The highest BCUT2D eigenvalue weighted by molar-refractivity contribution is 5.98. The molecule has 2 rings (SSSR count). The minimum absolute atomic E-state index is 0.157. The van der Waals surface area contributed by atoms with Crippen LogP contribution in [-0.4, -0.2) is 38.0 Å². The molecular formula is C10H8F3N5O3. The van der Waals surface area contributed by atoms with E-state index in [1.807, 2.05) is 0 Å². The zero-order valence-electron chi connectivity index (χ0n) is 10.5. The number of alkyl halides is 3. The van der Waals surface area contributed by atoms with Crippen LogP contribution in [0.5, 0.6) is 0 Å². The maximum atomic E-state index is 12.2. The number of hydrogen-bond donors (Lipinski definition) is 1. The van der Waals surface area contributed by atoms with E-state index in [-0.39, 0.29) is 5.82 Å². The zero-order chi connectivity index (χ0) is 15.6. The molecule has 0 aromatic carbocycles. The van der Waals surface area contributed by atoms with Gasteiger partial charge in [0.25, 0.3) is 5.78 Å². The first-order valence-electron chi connectivity index (χ1n) is 5.50. The van der Waals surface area contributed by atoms with E-state index in [0.29, 0.717) is 5.76 Å². The summed E-state index contributed by atoms with van der Waals surface area (Å²) in [4.78, 5) is 22.5. The van der Waals surface area contributed by atoms with Crippen molar-refractivity contribution in [3.05, 3.63) is 23.7 Å². The minimum Gasteiger partial charge on any atom is -0.360 e. The highest BCUT2D eigenvalue weighted by Gasteiger charge is 2.41. The molecule has 0 radical (unpaired) electrons. The van der Waals surface area contributed by atoms with Crippen LogP contribution >= 0.6 is 0 Å². The SMILES string of the molecule is Cc1cc(NC(=O)Cn2cc(C(=O)C(F)(F)F)nn2)no1. The van der Waals surface area contributed by atoms with Crippen LogP contribution in [0.25, 0.3) is 0 Å². The van der Waals surface area contributed by atoms with Gasteiger partial charge >= 0.3 is 6.18 Å². The number of amides is 1. The second kappa shape index (κ2) is 5.34. The Hall–Kier alpha value is -2.72. The van der Waals surface area contributed by atoms with Crippen LogP contribution in [-0.2, 0) is 11.3 Å². The van der Waals surface area contributed by atoms with Gasteiger partial charge in [-0.3, -0.25) is 9.59 Å². The third-order valence-corrected chi connectivity index (χ3v) is 2.23. The van der Waals surface area contributed by atoms with E-state index >= 15 is 0 Å². The van der Waals surface area contributed by atoms with E-state index in [9.17, 15) is 22.8 Å². The van der Waals surface area contributed by atoms with Crippen molar-refractivity contribution in [2.45, 2.75) is 19.6 Å². The molecule has 2 aromatic heterocycles. The maximum Gasteiger partial charge on any atom is 0.456 e. The van der Waals surface area contributed by atoms with Crippen molar-refractivity contribution in [2.24, 2.45) is 0 Å². The van der Waals surface area contributed by atoms with E-state index in [0.717, 1.165) is 10.9 Å². The molecule has 0 spiro atoms.